The average molecular weight is 295 g/mol. The van der Waals surface area contributed by atoms with Gasteiger partial charge in [-0.15, -0.1) is 0 Å². The standard InChI is InChI=1S/C17H27ClN2/c1-12(2)11-20(15-6-4-5-7-15)17-9-8-14(13(3)19)10-16(17)18/h8-10,12-13,15H,4-7,11,19H2,1-3H3/t13-/m1/s1. The zero-order valence-corrected chi connectivity index (χ0v) is 13.7. The summed E-state index contributed by atoms with van der Waals surface area (Å²) in [5.74, 6) is 0.639. The van der Waals surface area contributed by atoms with Crippen molar-refractivity contribution in [2.75, 3.05) is 11.4 Å². The van der Waals surface area contributed by atoms with E-state index in [2.05, 4.69) is 30.9 Å². The lowest BCUT2D eigenvalue weighted by molar-refractivity contribution is 0.536. The molecule has 1 saturated carbocycles. The molecule has 0 heterocycles. The third-order valence-corrected chi connectivity index (χ3v) is 4.44. The predicted octanol–water partition coefficient (Wildman–Crippen LogP) is 4.76. The van der Waals surface area contributed by atoms with Crippen molar-refractivity contribution < 1.29 is 0 Å². The molecule has 3 heteroatoms. The molecule has 0 radical (unpaired) electrons. The van der Waals surface area contributed by atoms with Gasteiger partial charge in [-0.05, 0) is 43.4 Å². The Morgan fingerprint density at radius 3 is 2.40 bits per heavy atom. The van der Waals surface area contributed by atoms with Crippen molar-refractivity contribution in [2.45, 2.75) is 58.5 Å². The number of halogens is 1. The smallest absolute Gasteiger partial charge is 0.0642 e. The molecule has 2 nitrogen and oxygen atoms in total. The molecule has 0 aromatic heterocycles. The third-order valence-electron chi connectivity index (χ3n) is 4.13. The highest BCUT2D eigenvalue weighted by Gasteiger charge is 2.25. The fraction of sp³-hybridized carbons (Fsp3) is 0.647. The van der Waals surface area contributed by atoms with Crippen molar-refractivity contribution in [1.82, 2.24) is 0 Å². The van der Waals surface area contributed by atoms with Gasteiger partial charge in [-0.3, -0.25) is 0 Å². The van der Waals surface area contributed by atoms with Crippen LogP contribution in [0.15, 0.2) is 18.2 Å². The van der Waals surface area contributed by atoms with Gasteiger partial charge in [-0.2, -0.15) is 0 Å². The van der Waals surface area contributed by atoms with Crippen LogP contribution in [0, 0.1) is 5.92 Å². The van der Waals surface area contributed by atoms with Crippen LogP contribution in [0.1, 0.15) is 58.1 Å². The van der Waals surface area contributed by atoms with E-state index in [1.54, 1.807) is 0 Å². The summed E-state index contributed by atoms with van der Waals surface area (Å²) in [5, 5.41) is 0.840. The minimum atomic E-state index is 0.0339. The molecule has 2 N–H and O–H groups in total. The molecule has 1 atom stereocenters. The molecular formula is C17H27ClN2. The van der Waals surface area contributed by atoms with E-state index in [9.17, 15) is 0 Å². The molecule has 1 aliphatic rings. The first-order valence-electron chi connectivity index (χ1n) is 7.80. The van der Waals surface area contributed by atoms with Gasteiger partial charge < -0.3 is 10.6 Å². The second kappa shape index (κ2) is 6.82. The first kappa shape index (κ1) is 15.7. The number of nitrogens with zero attached hydrogens (tertiary/aromatic N) is 1. The lowest BCUT2D eigenvalue weighted by Crippen LogP contribution is -2.36. The van der Waals surface area contributed by atoms with Crippen LogP contribution in [0.3, 0.4) is 0 Å². The summed E-state index contributed by atoms with van der Waals surface area (Å²) in [5.41, 5.74) is 8.22. The number of nitrogens with two attached hydrogens (primary N) is 1. The second-order valence-corrected chi connectivity index (χ2v) is 6.89. The van der Waals surface area contributed by atoms with E-state index >= 15 is 0 Å². The summed E-state index contributed by atoms with van der Waals surface area (Å²) in [6, 6.07) is 6.99. The van der Waals surface area contributed by atoms with Gasteiger partial charge in [0.1, 0.15) is 0 Å². The summed E-state index contributed by atoms with van der Waals surface area (Å²) in [4.78, 5) is 2.52. The second-order valence-electron chi connectivity index (χ2n) is 6.48. The van der Waals surface area contributed by atoms with E-state index in [4.69, 9.17) is 17.3 Å². The van der Waals surface area contributed by atoms with Gasteiger partial charge in [0.2, 0.25) is 0 Å². The maximum absolute atomic E-state index is 6.53. The lowest BCUT2D eigenvalue weighted by atomic mass is 10.1. The maximum Gasteiger partial charge on any atom is 0.0642 e. The molecular weight excluding hydrogens is 268 g/mol. The summed E-state index contributed by atoms with van der Waals surface area (Å²) in [7, 11) is 0. The fourth-order valence-electron chi connectivity index (χ4n) is 3.09. The molecule has 1 aromatic carbocycles. The van der Waals surface area contributed by atoms with Crippen LogP contribution in [-0.4, -0.2) is 12.6 Å². The highest BCUT2D eigenvalue weighted by Crippen LogP contribution is 2.34. The van der Waals surface area contributed by atoms with Crippen LogP contribution in [0.5, 0.6) is 0 Å². The molecule has 20 heavy (non-hydrogen) atoms. The van der Waals surface area contributed by atoms with Crippen LogP contribution in [0.25, 0.3) is 0 Å². The van der Waals surface area contributed by atoms with Crippen LogP contribution in [0.4, 0.5) is 5.69 Å². The number of benzene rings is 1. The SMILES string of the molecule is CC(C)CN(c1ccc([C@@H](C)N)cc1Cl)C1CCCC1. The Balaban J connectivity index is 2.27. The van der Waals surface area contributed by atoms with E-state index in [0.717, 1.165) is 17.1 Å². The van der Waals surface area contributed by atoms with E-state index in [0.29, 0.717) is 12.0 Å². The zero-order chi connectivity index (χ0) is 14.7. The van der Waals surface area contributed by atoms with Crippen LogP contribution < -0.4 is 10.6 Å². The maximum atomic E-state index is 6.53. The monoisotopic (exact) mass is 294 g/mol. The summed E-state index contributed by atoms with van der Waals surface area (Å²) < 4.78 is 0. The fourth-order valence-corrected chi connectivity index (χ4v) is 3.39. The van der Waals surface area contributed by atoms with Crippen molar-refractivity contribution in [3.05, 3.63) is 28.8 Å². The van der Waals surface area contributed by atoms with Gasteiger partial charge in [-0.25, -0.2) is 0 Å². The Morgan fingerprint density at radius 1 is 1.25 bits per heavy atom. The van der Waals surface area contributed by atoms with Gasteiger partial charge in [0, 0.05) is 18.6 Å². The van der Waals surface area contributed by atoms with E-state index in [1.807, 2.05) is 13.0 Å². The van der Waals surface area contributed by atoms with Gasteiger partial charge in [0.25, 0.3) is 0 Å². The Labute approximate surface area is 128 Å². The molecule has 2 rings (SSSR count). The van der Waals surface area contributed by atoms with Gasteiger partial charge >= 0.3 is 0 Å². The normalized spacial score (nSPS) is 17.7. The van der Waals surface area contributed by atoms with Gasteiger partial charge in [0.15, 0.2) is 0 Å². The molecule has 1 aliphatic carbocycles. The van der Waals surface area contributed by atoms with Gasteiger partial charge in [-0.1, -0.05) is 44.4 Å². The first-order valence-corrected chi connectivity index (χ1v) is 8.18. The molecule has 0 spiro atoms. The van der Waals surface area contributed by atoms with Crippen molar-refractivity contribution in [1.29, 1.82) is 0 Å². The Kier molecular flexibility index (Phi) is 5.34. The van der Waals surface area contributed by atoms with E-state index in [1.165, 1.54) is 31.4 Å². The Bertz CT molecular complexity index is 437. The molecule has 112 valence electrons. The highest BCUT2D eigenvalue weighted by atomic mass is 35.5. The summed E-state index contributed by atoms with van der Waals surface area (Å²) in [6.07, 6.45) is 5.26. The zero-order valence-electron chi connectivity index (χ0n) is 12.9. The molecule has 0 aliphatic heterocycles. The molecule has 1 fully saturated rings. The molecule has 0 bridgehead atoms. The van der Waals surface area contributed by atoms with Crippen molar-refractivity contribution in [2.24, 2.45) is 11.7 Å². The highest BCUT2D eigenvalue weighted by molar-refractivity contribution is 6.33. The summed E-state index contributed by atoms with van der Waals surface area (Å²) in [6.45, 7) is 7.61. The number of anilines is 1. The Morgan fingerprint density at radius 2 is 1.90 bits per heavy atom. The topological polar surface area (TPSA) is 29.3 Å². The quantitative estimate of drug-likeness (QED) is 0.848. The molecule has 0 saturated heterocycles. The third kappa shape index (κ3) is 3.67. The van der Waals surface area contributed by atoms with Crippen LogP contribution in [0.2, 0.25) is 5.02 Å². The molecule has 1 aromatic rings. The minimum Gasteiger partial charge on any atom is -0.367 e. The summed E-state index contributed by atoms with van der Waals surface area (Å²) >= 11 is 6.53. The largest absolute Gasteiger partial charge is 0.367 e. The average Bonchev–Trinajstić information content (AvgIpc) is 2.89. The van der Waals surface area contributed by atoms with Gasteiger partial charge in [0.05, 0.1) is 10.7 Å². The predicted molar refractivity (Wildman–Crippen MR) is 88.5 cm³/mol. The number of hydrogen-bond acceptors (Lipinski definition) is 2. The van der Waals surface area contributed by atoms with Crippen molar-refractivity contribution in [3.63, 3.8) is 0 Å². The van der Waals surface area contributed by atoms with E-state index < -0.39 is 0 Å². The van der Waals surface area contributed by atoms with Crippen LogP contribution in [-0.2, 0) is 0 Å². The minimum absolute atomic E-state index is 0.0339. The van der Waals surface area contributed by atoms with E-state index in [-0.39, 0.29) is 6.04 Å². The molecule has 0 amide bonds. The van der Waals surface area contributed by atoms with Crippen LogP contribution >= 0.6 is 11.6 Å². The number of rotatable bonds is 5. The Hall–Kier alpha value is -0.730. The van der Waals surface area contributed by atoms with Crippen molar-refractivity contribution >= 4 is 17.3 Å². The first-order chi connectivity index (χ1) is 9.49. The lowest BCUT2D eigenvalue weighted by Gasteiger charge is -2.33. The molecule has 0 unspecified atom stereocenters. The van der Waals surface area contributed by atoms with Crippen molar-refractivity contribution in [3.8, 4) is 0 Å². The number of hydrogen-bond donors (Lipinski definition) is 1.